The van der Waals surface area contributed by atoms with Crippen LogP contribution in [0.1, 0.15) is 49.8 Å². The molecule has 0 aromatic carbocycles. The first-order chi connectivity index (χ1) is 11.3. The van der Waals surface area contributed by atoms with Gasteiger partial charge in [-0.25, -0.2) is 0 Å². The van der Waals surface area contributed by atoms with Gasteiger partial charge in [0.2, 0.25) is 0 Å². The second-order valence-corrected chi connectivity index (χ2v) is 7.52. The molecule has 23 heavy (non-hydrogen) atoms. The second-order valence-electron chi connectivity index (χ2n) is 7.52. The molecule has 0 amide bonds. The molecule has 5 heteroatoms. The number of aryl methyl sites for hydroxylation is 2. The lowest BCUT2D eigenvalue weighted by atomic mass is 9.91. The number of nitrogens with one attached hydrogen (secondary N) is 1. The van der Waals surface area contributed by atoms with Crippen molar-refractivity contribution in [1.29, 1.82) is 0 Å². The molecule has 1 aromatic heterocycles. The Balaban J connectivity index is 1.26. The third kappa shape index (κ3) is 3.36. The summed E-state index contributed by atoms with van der Waals surface area (Å²) in [4.78, 5) is 2.34. The van der Waals surface area contributed by atoms with Crippen LogP contribution in [0.5, 0.6) is 0 Å². The first-order valence-corrected chi connectivity index (χ1v) is 9.31. The van der Waals surface area contributed by atoms with Crippen molar-refractivity contribution in [2.75, 3.05) is 24.5 Å². The Morgan fingerprint density at radius 1 is 1.09 bits per heavy atom. The zero-order chi connectivity index (χ0) is 15.6. The Hall–Kier alpha value is -1.20. The summed E-state index contributed by atoms with van der Waals surface area (Å²) in [5.74, 6) is 1.72. The summed E-state index contributed by atoms with van der Waals surface area (Å²) in [6.07, 6.45) is 9.15. The highest BCUT2D eigenvalue weighted by Gasteiger charge is 2.30. The van der Waals surface area contributed by atoms with Gasteiger partial charge in [-0.05, 0) is 50.2 Å². The average molecular weight is 316 g/mol. The van der Waals surface area contributed by atoms with Crippen molar-refractivity contribution in [3.63, 3.8) is 0 Å². The van der Waals surface area contributed by atoms with E-state index in [1.54, 1.807) is 0 Å². The van der Waals surface area contributed by atoms with E-state index < -0.39 is 0 Å². The van der Waals surface area contributed by atoms with E-state index in [9.17, 15) is 5.11 Å². The van der Waals surface area contributed by atoms with E-state index in [-0.39, 0.29) is 6.10 Å². The lowest BCUT2D eigenvalue weighted by Crippen LogP contribution is -2.54. The minimum atomic E-state index is -0.147. The molecule has 1 saturated heterocycles. The number of aliphatic hydroxyl groups is 1. The Labute approximate surface area is 138 Å². The first-order valence-electron chi connectivity index (χ1n) is 9.31. The van der Waals surface area contributed by atoms with Crippen LogP contribution >= 0.6 is 0 Å². The summed E-state index contributed by atoms with van der Waals surface area (Å²) in [5, 5.41) is 22.5. The minimum absolute atomic E-state index is 0.147. The molecule has 0 radical (unpaired) electrons. The summed E-state index contributed by atoms with van der Waals surface area (Å²) in [5.41, 5.74) is 2.62. The third-order valence-electron chi connectivity index (χ3n) is 5.74. The zero-order valence-electron chi connectivity index (χ0n) is 13.9. The summed E-state index contributed by atoms with van der Waals surface area (Å²) >= 11 is 0. The van der Waals surface area contributed by atoms with E-state index in [0.29, 0.717) is 12.0 Å². The van der Waals surface area contributed by atoms with Gasteiger partial charge in [-0.3, -0.25) is 0 Å². The van der Waals surface area contributed by atoms with E-state index in [0.717, 1.165) is 51.1 Å². The molecule has 2 fully saturated rings. The SMILES string of the molecule is OC1CCCCC1NCC1CN(c2cc3c(nn2)CCCC3)C1. The topological polar surface area (TPSA) is 61.3 Å². The lowest BCUT2D eigenvalue weighted by Gasteiger charge is -2.41. The molecule has 2 heterocycles. The van der Waals surface area contributed by atoms with Gasteiger partial charge < -0.3 is 15.3 Å². The number of rotatable bonds is 4. The molecule has 1 aromatic rings. The van der Waals surface area contributed by atoms with Gasteiger partial charge in [-0.15, -0.1) is 5.10 Å². The number of aliphatic hydroxyl groups excluding tert-OH is 1. The van der Waals surface area contributed by atoms with Gasteiger partial charge >= 0.3 is 0 Å². The van der Waals surface area contributed by atoms with Crippen molar-refractivity contribution in [1.82, 2.24) is 15.5 Å². The van der Waals surface area contributed by atoms with Gasteiger partial charge in [0.1, 0.15) is 0 Å². The number of fused-ring (bicyclic) bond motifs is 1. The van der Waals surface area contributed by atoms with Crippen LogP contribution in [0, 0.1) is 5.92 Å². The van der Waals surface area contributed by atoms with Crippen LogP contribution in [0.2, 0.25) is 0 Å². The number of hydrogen-bond acceptors (Lipinski definition) is 5. The zero-order valence-corrected chi connectivity index (χ0v) is 13.9. The Morgan fingerprint density at radius 3 is 2.78 bits per heavy atom. The van der Waals surface area contributed by atoms with Crippen LogP contribution in [0.4, 0.5) is 5.82 Å². The van der Waals surface area contributed by atoms with E-state index >= 15 is 0 Å². The highest BCUT2D eigenvalue weighted by molar-refractivity contribution is 5.44. The Bertz CT molecular complexity index is 544. The maximum absolute atomic E-state index is 10.0. The van der Waals surface area contributed by atoms with Crippen LogP contribution in [0.15, 0.2) is 6.07 Å². The third-order valence-corrected chi connectivity index (χ3v) is 5.74. The standard InChI is InChI=1S/C18H28N4O/c23-17-8-4-3-7-16(17)19-10-13-11-22(12-13)18-9-14-5-1-2-6-15(14)20-21-18/h9,13,16-17,19,23H,1-8,10-12H2. The predicted molar refractivity (Wildman–Crippen MR) is 90.6 cm³/mol. The summed E-state index contributed by atoms with van der Waals surface area (Å²) in [6, 6.07) is 2.57. The van der Waals surface area contributed by atoms with Crippen LogP contribution < -0.4 is 10.2 Å². The molecule has 2 unspecified atom stereocenters. The van der Waals surface area contributed by atoms with Crippen LogP contribution in [0.3, 0.4) is 0 Å². The van der Waals surface area contributed by atoms with Gasteiger partial charge in [-0.2, -0.15) is 5.10 Å². The van der Waals surface area contributed by atoms with Gasteiger partial charge in [0.05, 0.1) is 11.8 Å². The van der Waals surface area contributed by atoms with Crippen molar-refractivity contribution in [2.45, 2.75) is 63.5 Å². The molecule has 126 valence electrons. The number of hydrogen-bond donors (Lipinski definition) is 2. The molecule has 1 saturated carbocycles. The quantitative estimate of drug-likeness (QED) is 0.885. The van der Waals surface area contributed by atoms with Crippen molar-refractivity contribution in [3.05, 3.63) is 17.3 Å². The monoisotopic (exact) mass is 316 g/mol. The van der Waals surface area contributed by atoms with Crippen molar-refractivity contribution in [2.24, 2.45) is 5.92 Å². The van der Waals surface area contributed by atoms with Crippen LogP contribution in [0.25, 0.3) is 0 Å². The molecule has 0 spiro atoms. The Morgan fingerprint density at radius 2 is 1.91 bits per heavy atom. The molecule has 5 nitrogen and oxygen atoms in total. The molecule has 1 aliphatic heterocycles. The lowest BCUT2D eigenvalue weighted by molar-refractivity contribution is 0.0879. The van der Waals surface area contributed by atoms with Gasteiger partial charge in [0.15, 0.2) is 5.82 Å². The summed E-state index contributed by atoms with van der Waals surface area (Å²) in [6.45, 7) is 3.13. The molecular formula is C18H28N4O. The van der Waals surface area contributed by atoms with Gasteiger partial charge in [0, 0.05) is 31.6 Å². The maximum Gasteiger partial charge on any atom is 0.151 e. The molecule has 0 bridgehead atoms. The predicted octanol–water partition coefficient (Wildman–Crippen LogP) is 1.68. The minimum Gasteiger partial charge on any atom is -0.392 e. The molecule has 2 aliphatic carbocycles. The van der Waals surface area contributed by atoms with E-state index in [1.165, 1.54) is 36.9 Å². The highest BCUT2D eigenvalue weighted by atomic mass is 16.3. The largest absolute Gasteiger partial charge is 0.392 e. The number of aromatic nitrogens is 2. The molecule has 3 aliphatic rings. The fourth-order valence-corrected chi connectivity index (χ4v) is 4.19. The van der Waals surface area contributed by atoms with Crippen molar-refractivity contribution >= 4 is 5.82 Å². The van der Waals surface area contributed by atoms with E-state index in [4.69, 9.17) is 0 Å². The van der Waals surface area contributed by atoms with Gasteiger partial charge in [0.25, 0.3) is 0 Å². The number of anilines is 1. The van der Waals surface area contributed by atoms with E-state index in [1.807, 2.05) is 0 Å². The second kappa shape index (κ2) is 6.73. The summed E-state index contributed by atoms with van der Waals surface area (Å²) < 4.78 is 0. The fraction of sp³-hybridized carbons (Fsp3) is 0.778. The van der Waals surface area contributed by atoms with Crippen LogP contribution in [-0.2, 0) is 12.8 Å². The normalized spacial score (nSPS) is 28.3. The molecule has 4 rings (SSSR count). The Kier molecular flexibility index (Phi) is 4.49. The molecular weight excluding hydrogens is 288 g/mol. The van der Waals surface area contributed by atoms with E-state index in [2.05, 4.69) is 26.5 Å². The van der Waals surface area contributed by atoms with Crippen molar-refractivity contribution in [3.8, 4) is 0 Å². The highest BCUT2D eigenvalue weighted by Crippen LogP contribution is 2.27. The fourth-order valence-electron chi connectivity index (χ4n) is 4.19. The maximum atomic E-state index is 10.0. The smallest absolute Gasteiger partial charge is 0.151 e. The first kappa shape index (κ1) is 15.3. The number of nitrogens with zero attached hydrogens (tertiary/aromatic N) is 3. The molecule has 2 atom stereocenters. The van der Waals surface area contributed by atoms with Crippen LogP contribution in [-0.4, -0.2) is 47.1 Å². The average Bonchev–Trinajstić information content (AvgIpc) is 2.55. The summed E-state index contributed by atoms with van der Waals surface area (Å²) in [7, 11) is 0. The van der Waals surface area contributed by atoms with Gasteiger partial charge in [-0.1, -0.05) is 12.8 Å². The molecule has 2 N–H and O–H groups in total. The van der Waals surface area contributed by atoms with Crippen molar-refractivity contribution < 1.29 is 5.11 Å².